The zero-order valence-electron chi connectivity index (χ0n) is 15.0. The van der Waals surface area contributed by atoms with Crippen LogP contribution in [0, 0.1) is 13.8 Å². The van der Waals surface area contributed by atoms with Gasteiger partial charge in [0.25, 0.3) is 0 Å². The Morgan fingerprint density at radius 1 is 1.15 bits per heavy atom. The fraction of sp³-hybridized carbons (Fsp3) is 0.316. The monoisotopic (exact) mass is 368 g/mol. The van der Waals surface area contributed by atoms with Crippen molar-refractivity contribution in [1.29, 1.82) is 0 Å². The number of aryl methyl sites for hydroxylation is 2. The number of hydrogen-bond donors (Lipinski definition) is 1. The molecule has 0 spiro atoms. The molecule has 3 heterocycles. The van der Waals surface area contributed by atoms with E-state index in [4.69, 9.17) is 9.47 Å². The van der Waals surface area contributed by atoms with E-state index in [1.165, 1.54) is 10.4 Å². The third kappa shape index (κ3) is 3.10. The number of hydrogen-bond acceptors (Lipinski definition) is 7. The van der Waals surface area contributed by atoms with Gasteiger partial charge in [0.1, 0.15) is 11.2 Å². The second-order valence-corrected chi connectivity index (χ2v) is 7.41. The number of aromatic nitrogens is 2. The standard InChI is InChI=1S/C19H20N4O2S/c1-11-13(3)26-19-17(11)18(20-10-21-19)23-22-12(2)14-5-6-15-16(9-14)25-8-4-7-24-15/h5-6,9-10H,4,7-8H2,1-3H3,(H,20,21,23)/b22-12-. The summed E-state index contributed by atoms with van der Waals surface area (Å²) in [5, 5.41) is 5.55. The molecule has 4 rings (SSSR count). The number of fused-ring (bicyclic) bond motifs is 2. The summed E-state index contributed by atoms with van der Waals surface area (Å²) >= 11 is 1.67. The topological polar surface area (TPSA) is 68.6 Å². The quantitative estimate of drug-likeness (QED) is 0.551. The van der Waals surface area contributed by atoms with Gasteiger partial charge in [0.15, 0.2) is 17.3 Å². The van der Waals surface area contributed by atoms with E-state index in [9.17, 15) is 0 Å². The molecule has 26 heavy (non-hydrogen) atoms. The minimum absolute atomic E-state index is 0.667. The normalized spacial score (nSPS) is 14.3. The Bertz CT molecular complexity index is 997. The van der Waals surface area contributed by atoms with Crippen LogP contribution in [0.2, 0.25) is 0 Å². The molecular weight excluding hydrogens is 348 g/mol. The Morgan fingerprint density at radius 2 is 1.96 bits per heavy atom. The summed E-state index contributed by atoms with van der Waals surface area (Å²) in [5.41, 5.74) is 6.12. The van der Waals surface area contributed by atoms with Gasteiger partial charge in [-0.2, -0.15) is 5.10 Å². The molecule has 134 valence electrons. The molecule has 7 heteroatoms. The first kappa shape index (κ1) is 16.8. The molecule has 0 atom stereocenters. The molecule has 6 nitrogen and oxygen atoms in total. The van der Waals surface area contributed by atoms with Crippen LogP contribution >= 0.6 is 11.3 Å². The van der Waals surface area contributed by atoms with Gasteiger partial charge in [0.05, 0.1) is 24.3 Å². The molecule has 0 fully saturated rings. The van der Waals surface area contributed by atoms with E-state index in [0.717, 1.165) is 45.2 Å². The van der Waals surface area contributed by atoms with Crippen LogP contribution in [0.3, 0.4) is 0 Å². The van der Waals surface area contributed by atoms with Crippen molar-refractivity contribution in [2.24, 2.45) is 5.10 Å². The van der Waals surface area contributed by atoms with Crippen molar-refractivity contribution in [3.63, 3.8) is 0 Å². The van der Waals surface area contributed by atoms with Crippen LogP contribution in [0.1, 0.15) is 29.3 Å². The number of ether oxygens (including phenoxy) is 2. The SMILES string of the molecule is C/C(=N/Nc1ncnc2sc(C)c(C)c12)c1ccc2c(c1)OCCCO2. The van der Waals surface area contributed by atoms with Gasteiger partial charge in [-0.1, -0.05) is 0 Å². The first-order chi connectivity index (χ1) is 12.6. The van der Waals surface area contributed by atoms with E-state index >= 15 is 0 Å². The van der Waals surface area contributed by atoms with Gasteiger partial charge in [0, 0.05) is 16.9 Å². The van der Waals surface area contributed by atoms with Crippen molar-refractivity contribution in [1.82, 2.24) is 9.97 Å². The van der Waals surface area contributed by atoms with E-state index in [2.05, 4.69) is 34.3 Å². The fourth-order valence-electron chi connectivity index (χ4n) is 2.86. The Morgan fingerprint density at radius 3 is 2.81 bits per heavy atom. The number of anilines is 1. The average molecular weight is 368 g/mol. The van der Waals surface area contributed by atoms with Crippen LogP contribution in [0.5, 0.6) is 11.5 Å². The van der Waals surface area contributed by atoms with Gasteiger partial charge >= 0.3 is 0 Å². The highest BCUT2D eigenvalue weighted by Crippen LogP contribution is 2.33. The summed E-state index contributed by atoms with van der Waals surface area (Å²) in [6.45, 7) is 7.49. The van der Waals surface area contributed by atoms with Crippen LogP contribution < -0.4 is 14.9 Å². The molecule has 0 radical (unpaired) electrons. The van der Waals surface area contributed by atoms with Gasteiger partial charge < -0.3 is 9.47 Å². The Balaban J connectivity index is 1.62. The van der Waals surface area contributed by atoms with Crippen LogP contribution in [0.25, 0.3) is 10.2 Å². The van der Waals surface area contributed by atoms with Crippen LogP contribution in [-0.2, 0) is 0 Å². The molecule has 2 aromatic heterocycles. The highest BCUT2D eigenvalue weighted by molar-refractivity contribution is 7.18. The highest BCUT2D eigenvalue weighted by Gasteiger charge is 2.13. The van der Waals surface area contributed by atoms with Gasteiger partial charge in [-0.15, -0.1) is 11.3 Å². The molecule has 0 unspecified atom stereocenters. The largest absolute Gasteiger partial charge is 0.490 e. The summed E-state index contributed by atoms with van der Waals surface area (Å²) in [6.07, 6.45) is 2.46. The lowest BCUT2D eigenvalue weighted by Crippen LogP contribution is -2.02. The second-order valence-electron chi connectivity index (χ2n) is 6.21. The maximum atomic E-state index is 5.76. The van der Waals surface area contributed by atoms with E-state index in [1.807, 2.05) is 25.1 Å². The number of benzene rings is 1. The molecule has 1 aliphatic rings. The molecule has 0 saturated heterocycles. The molecule has 0 bridgehead atoms. The summed E-state index contributed by atoms with van der Waals surface area (Å²) in [4.78, 5) is 10.9. The minimum atomic E-state index is 0.667. The van der Waals surface area contributed by atoms with E-state index < -0.39 is 0 Å². The number of rotatable bonds is 3. The summed E-state index contributed by atoms with van der Waals surface area (Å²) < 4.78 is 11.4. The molecule has 3 aromatic rings. The third-order valence-electron chi connectivity index (χ3n) is 4.46. The number of thiophene rings is 1. The van der Waals surface area contributed by atoms with Crippen molar-refractivity contribution in [3.05, 3.63) is 40.5 Å². The van der Waals surface area contributed by atoms with Crippen molar-refractivity contribution in [3.8, 4) is 11.5 Å². The van der Waals surface area contributed by atoms with Crippen molar-refractivity contribution < 1.29 is 9.47 Å². The van der Waals surface area contributed by atoms with Crippen molar-refractivity contribution in [2.45, 2.75) is 27.2 Å². The van der Waals surface area contributed by atoms with Crippen LogP contribution in [-0.4, -0.2) is 28.9 Å². The maximum absolute atomic E-state index is 5.76. The van der Waals surface area contributed by atoms with Gasteiger partial charge in [-0.25, -0.2) is 9.97 Å². The number of nitrogens with zero attached hydrogens (tertiary/aromatic N) is 3. The first-order valence-electron chi connectivity index (χ1n) is 8.54. The summed E-state index contributed by atoms with van der Waals surface area (Å²) in [6, 6.07) is 5.89. The lowest BCUT2D eigenvalue weighted by molar-refractivity contribution is 0.297. The van der Waals surface area contributed by atoms with Crippen LogP contribution in [0.15, 0.2) is 29.6 Å². The molecule has 0 amide bonds. The number of nitrogens with one attached hydrogen (secondary N) is 1. The lowest BCUT2D eigenvalue weighted by Gasteiger charge is -2.09. The molecule has 1 aromatic carbocycles. The van der Waals surface area contributed by atoms with Gasteiger partial charge in [-0.3, -0.25) is 5.43 Å². The smallest absolute Gasteiger partial charge is 0.161 e. The predicted molar refractivity (Wildman–Crippen MR) is 105 cm³/mol. The zero-order valence-corrected chi connectivity index (χ0v) is 15.8. The second kappa shape index (κ2) is 6.92. The molecular formula is C19H20N4O2S. The van der Waals surface area contributed by atoms with Gasteiger partial charge in [0.2, 0.25) is 0 Å². The third-order valence-corrected chi connectivity index (χ3v) is 5.58. The van der Waals surface area contributed by atoms with Crippen molar-refractivity contribution >= 4 is 33.1 Å². The highest BCUT2D eigenvalue weighted by atomic mass is 32.1. The minimum Gasteiger partial charge on any atom is -0.490 e. The Kier molecular flexibility index (Phi) is 4.46. The average Bonchev–Trinajstić information content (AvgIpc) is 2.83. The van der Waals surface area contributed by atoms with Crippen LogP contribution in [0.4, 0.5) is 5.82 Å². The number of hydrazone groups is 1. The molecule has 1 N–H and O–H groups in total. The molecule has 0 saturated carbocycles. The lowest BCUT2D eigenvalue weighted by atomic mass is 10.1. The van der Waals surface area contributed by atoms with Crippen molar-refractivity contribution in [2.75, 3.05) is 18.6 Å². The summed E-state index contributed by atoms with van der Waals surface area (Å²) in [5.74, 6) is 2.28. The predicted octanol–water partition coefficient (Wildman–Crippen LogP) is 4.31. The fourth-order valence-corrected chi connectivity index (χ4v) is 3.85. The Hall–Kier alpha value is -2.67. The van der Waals surface area contributed by atoms with E-state index in [-0.39, 0.29) is 0 Å². The van der Waals surface area contributed by atoms with E-state index in [0.29, 0.717) is 13.2 Å². The van der Waals surface area contributed by atoms with Gasteiger partial charge in [-0.05, 0) is 44.5 Å². The molecule has 1 aliphatic heterocycles. The first-order valence-corrected chi connectivity index (χ1v) is 9.36. The van der Waals surface area contributed by atoms with E-state index in [1.54, 1.807) is 17.7 Å². The Labute approximate surface area is 155 Å². The maximum Gasteiger partial charge on any atom is 0.161 e. The zero-order chi connectivity index (χ0) is 18.1. The molecule has 0 aliphatic carbocycles. The summed E-state index contributed by atoms with van der Waals surface area (Å²) in [7, 11) is 0.